The van der Waals surface area contributed by atoms with Gasteiger partial charge in [0.2, 0.25) is 0 Å². The third-order valence-electron chi connectivity index (χ3n) is 3.21. The molecule has 3 N–H and O–H groups in total. The van der Waals surface area contributed by atoms with Crippen molar-refractivity contribution >= 4 is 11.7 Å². The van der Waals surface area contributed by atoms with Crippen LogP contribution in [0.2, 0.25) is 0 Å². The van der Waals surface area contributed by atoms with Crippen LogP contribution in [0.1, 0.15) is 10.5 Å². The molecule has 0 radical (unpaired) electrons. The van der Waals surface area contributed by atoms with E-state index < -0.39 is 0 Å². The molecule has 0 spiro atoms. The number of nitrogens with two attached hydrogens (primary N) is 1. The molecule has 0 aliphatic carbocycles. The Hall–Kier alpha value is -2.09. The predicted octanol–water partition coefficient (Wildman–Crippen LogP) is -1.08. The van der Waals surface area contributed by atoms with Crippen molar-refractivity contribution in [3.8, 4) is 0 Å². The molecular weight excluding hydrogens is 248 g/mol. The molecule has 1 saturated heterocycles. The molecule has 8 nitrogen and oxygen atoms in total. The number of hydrogen-bond acceptors (Lipinski definition) is 5. The number of aromatic nitrogens is 2. The van der Waals surface area contributed by atoms with Gasteiger partial charge in [0, 0.05) is 39.4 Å². The highest BCUT2D eigenvalue weighted by atomic mass is 16.4. The average Bonchev–Trinajstić information content (AvgIpc) is 2.85. The maximum Gasteiger partial charge on any atom is 0.272 e. The monoisotopic (exact) mass is 266 g/mol. The molecule has 0 aromatic carbocycles. The Bertz CT molecular complexity index is 475. The molecule has 1 fully saturated rings. The third-order valence-corrected chi connectivity index (χ3v) is 3.21. The molecule has 104 valence electrons. The highest BCUT2D eigenvalue weighted by Gasteiger charge is 2.23. The van der Waals surface area contributed by atoms with Crippen molar-refractivity contribution in [2.24, 2.45) is 17.9 Å². The number of aryl methyl sites for hydroxylation is 1. The number of amides is 1. The molecule has 0 saturated carbocycles. The Balaban J connectivity index is 1.90. The second-order valence-electron chi connectivity index (χ2n) is 4.50. The number of piperazine rings is 1. The second-order valence-corrected chi connectivity index (χ2v) is 4.50. The highest BCUT2D eigenvalue weighted by molar-refractivity contribution is 5.92. The lowest BCUT2D eigenvalue weighted by molar-refractivity contribution is 0.0642. The van der Waals surface area contributed by atoms with Crippen LogP contribution >= 0.6 is 0 Å². The Labute approximate surface area is 111 Å². The summed E-state index contributed by atoms with van der Waals surface area (Å²) in [5, 5.41) is 15.5. The summed E-state index contributed by atoms with van der Waals surface area (Å²) in [6, 6.07) is 1.71. The van der Waals surface area contributed by atoms with E-state index in [4.69, 9.17) is 10.9 Å². The molecule has 1 aliphatic heterocycles. The van der Waals surface area contributed by atoms with Gasteiger partial charge in [-0.15, -0.1) is 0 Å². The van der Waals surface area contributed by atoms with Crippen molar-refractivity contribution in [2.75, 3.05) is 32.7 Å². The first kappa shape index (κ1) is 13.3. The quantitative estimate of drug-likeness (QED) is 0.314. The zero-order chi connectivity index (χ0) is 13.8. The Morgan fingerprint density at radius 3 is 2.68 bits per heavy atom. The Kier molecular flexibility index (Phi) is 4.00. The lowest BCUT2D eigenvalue weighted by atomic mass is 10.2. The number of carbonyl (C=O) groups excluding carboxylic acids is 1. The summed E-state index contributed by atoms with van der Waals surface area (Å²) in [6.45, 7) is 3.09. The van der Waals surface area contributed by atoms with Gasteiger partial charge in [0.05, 0.1) is 6.54 Å². The molecule has 2 heterocycles. The molecule has 2 rings (SSSR count). The molecule has 1 aromatic heterocycles. The van der Waals surface area contributed by atoms with Gasteiger partial charge in [-0.3, -0.25) is 14.4 Å². The van der Waals surface area contributed by atoms with Gasteiger partial charge in [0.25, 0.3) is 5.91 Å². The van der Waals surface area contributed by atoms with Gasteiger partial charge >= 0.3 is 0 Å². The summed E-state index contributed by atoms with van der Waals surface area (Å²) >= 11 is 0. The van der Waals surface area contributed by atoms with Crippen molar-refractivity contribution in [1.82, 2.24) is 19.6 Å². The summed E-state index contributed by atoms with van der Waals surface area (Å²) < 4.78 is 1.57. The minimum absolute atomic E-state index is 0.0107. The molecule has 8 heteroatoms. The summed E-state index contributed by atoms with van der Waals surface area (Å²) in [7, 11) is 1.75. The molecule has 0 bridgehead atoms. The van der Waals surface area contributed by atoms with Crippen LogP contribution in [0.15, 0.2) is 17.4 Å². The zero-order valence-electron chi connectivity index (χ0n) is 10.9. The van der Waals surface area contributed by atoms with Gasteiger partial charge < -0.3 is 15.8 Å². The molecule has 1 aromatic rings. The fraction of sp³-hybridized carbons (Fsp3) is 0.545. The summed E-state index contributed by atoms with van der Waals surface area (Å²) in [5.41, 5.74) is 6.05. The summed E-state index contributed by atoms with van der Waals surface area (Å²) in [5.74, 6) is 0.176. The van der Waals surface area contributed by atoms with E-state index >= 15 is 0 Å². The predicted molar refractivity (Wildman–Crippen MR) is 69.0 cm³/mol. The number of hydrogen-bond donors (Lipinski definition) is 2. The van der Waals surface area contributed by atoms with Crippen LogP contribution in [0.25, 0.3) is 0 Å². The van der Waals surface area contributed by atoms with Crippen LogP contribution in [-0.4, -0.2) is 69.3 Å². The van der Waals surface area contributed by atoms with Crippen molar-refractivity contribution in [1.29, 1.82) is 0 Å². The van der Waals surface area contributed by atoms with E-state index in [-0.39, 0.29) is 11.7 Å². The third kappa shape index (κ3) is 3.02. The summed E-state index contributed by atoms with van der Waals surface area (Å²) in [6.07, 6.45) is 1.61. The van der Waals surface area contributed by atoms with Gasteiger partial charge in [-0.05, 0) is 6.07 Å². The van der Waals surface area contributed by atoms with Crippen molar-refractivity contribution < 1.29 is 10.0 Å². The SMILES string of the molecule is Cn1nccc1C(=O)N1CCN(CC(N)=NO)CC1. The van der Waals surface area contributed by atoms with Crippen LogP contribution in [-0.2, 0) is 7.05 Å². The number of amidine groups is 1. The maximum atomic E-state index is 12.2. The molecule has 0 atom stereocenters. The van der Waals surface area contributed by atoms with E-state index in [0.717, 1.165) is 0 Å². The van der Waals surface area contributed by atoms with Gasteiger partial charge in [-0.2, -0.15) is 5.10 Å². The first-order valence-corrected chi connectivity index (χ1v) is 6.08. The Morgan fingerprint density at radius 1 is 1.47 bits per heavy atom. The van der Waals surface area contributed by atoms with Crippen molar-refractivity contribution in [3.05, 3.63) is 18.0 Å². The maximum absolute atomic E-state index is 12.2. The van der Waals surface area contributed by atoms with Gasteiger partial charge in [0.1, 0.15) is 5.69 Å². The lowest BCUT2D eigenvalue weighted by Gasteiger charge is -2.34. The first-order chi connectivity index (χ1) is 9.11. The summed E-state index contributed by atoms with van der Waals surface area (Å²) in [4.78, 5) is 16.1. The molecule has 1 aliphatic rings. The lowest BCUT2D eigenvalue weighted by Crippen LogP contribution is -2.50. The van der Waals surface area contributed by atoms with E-state index in [1.54, 1.807) is 28.9 Å². The molecular formula is C11H18N6O2. The van der Waals surface area contributed by atoms with Gasteiger partial charge in [0.15, 0.2) is 5.84 Å². The van der Waals surface area contributed by atoms with Crippen LogP contribution in [0, 0.1) is 0 Å². The molecule has 19 heavy (non-hydrogen) atoms. The van der Waals surface area contributed by atoms with E-state index in [1.165, 1.54) is 0 Å². The van der Waals surface area contributed by atoms with Gasteiger partial charge in [-0.1, -0.05) is 5.16 Å². The van der Waals surface area contributed by atoms with E-state index in [0.29, 0.717) is 38.4 Å². The minimum Gasteiger partial charge on any atom is -0.409 e. The van der Waals surface area contributed by atoms with Crippen molar-refractivity contribution in [2.45, 2.75) is 0 Å². The fourth-order valence-electron chi connectivity index (χ4n) is 2.12. The highest BCUT2D eigenvalue weighted by Crippen LogP contribution is 2.07. The second kappa shape index (κ2) is 5.70. The van der Waals surface area contributed by atoms with E-state index in [1.807, 2.05) is 4.90 Å². The Morgan fingerprint density at radius 2 is 2.16 bits per heavy atom. The molecule has 0 unspecified atom stereocenters. The number of carbonyl (C=O) groups is 1. The largest absolute Gasteiger partial charge is 0.409 e. The van der Waals surface area contributed by atoms with Gasteiger partial charge in [-0.25, -0.2) is 0 Å². The first-order valence-electron chi connectivity index (χ1n) is 6.08. The van der Waals surface area contributed by atoms with Crippen molar-refractivity contribution in [3.63, 3.8) is 0 Å². The zero-order valence-corrected chi connectivity index (χ0v) is 10.9. The normalized spacial score (nSPS) is 17.7. The minimum atomic E-state index is -0.0107. The standard InChI is InChI=1S/C11H18N6O2/c1-15-9(2-3-13-15)11(18)17-6-4-16(5-7-17)8-10(12)14-19/h2-3,19H,4-8H2,1H3,(H2,12,14). The number of oxime groups is 1. The number of nitrogens with zero attached hydrogens (tertiary/aromatic N) is 5. The average molecular weight is 266 g/mol. The van der Waals surface area contributed by atoms with Crippen LogP contribution in [0.5, 0.6) is 0 Å². The molecule has 1 amide bonds. The topological polar surface area (TPSA) is 100.0 Å². The van der Waals surface area contributed by atoms with Crippen LogP contribution in [0.3, 0.4) is 0 Å². The van der Waals surface area contributed by atoms with Crippen LogP contribution in [0.4, 0.5) is 0 Å². The fourth-order valence-corrected chi connectivity index (χ4v) is 2.12. The smallest absolute Gasteiger partial charge is 0.272 e. The van der Waals surface area contributed by atoms with E-state index in [9.17, 15) is 4.79 Å². The van der Waals surface area contributed by atoms with Crippen LogP contribution < -0.4 is 5.73 Å². The van der Waals surface area contributed by atoms with E-state index in [2.05, 4.69) is 10.3 Å². The number of rotatable bonds is 3.